The molecule has 1 amide bonds. The van der Waals surface area contributed by atoms with Crippen LogP contribution < -0.4 is 4.74 Å². The summed E-state index contributed by atoms with van der Waals surface area (Å²) in [5.41, 5.74) is 3.27. The van der Waals surface area contributed by atoms with E-state index in [1.165, 1.54) is 12.1 Å². The van der Waals surface area contributed by atoms with E-state index in [9.17, 15) is 14.3 Å². The van der Waals surface area contributed by atoms with E-state index in [4.69, 9.17) is 9.47 Å². The van der Waals surface area contributed by atoms with Crippen LogP contribution in [0.2, 0.25) is 0 Å². The number of amides is 1. The zero-order chi connectivity index (χ0) is 23.8. The highest BCUT2D eigenvalue weighted by Crippen LogP contribution is 2.37. The van der Waals surface area contributed by atoms with Crippen molar-refractivity contribution in [1.29, 1.82) is 0 Å². The van der Waals surface area contributed by atoms with Gasteiger partial charge in [-0.1, -0.05) is 6.08 Å². The first-order chi connectivity index (χ1) is 15.7. The number of rotatable bonds is 4. The molecule has 0 saturated carbocycles. The zero-order valence-electron chi connectivity index (χ0n) is 19.2. The van der Waals surface area contributed by atoms with Gasteiger partial charge in [0.15, 0.2) is 0 Å². The van der Waals surface area contributed by atoms with E-state index in [1.54, 1.807) is 24.3 Å². The van der Waals surface area contributed by atoms with Crippen LogP contribution >= 0.6 is 0 Å². The number of fused-ring (bicyclic) bond motifs is 1. The highest BCUT2D eigenvalue weighted by molar-refractivity contribution is 5.96. The zero-order valence-corrected chi connectivity index (χ0v) is 19.2. The molecule has 4 rings (SSSR count). The third kappa shape index (κ3) is 4.71. The number of aliphatic hydroxyl groups is 1. The molecule has 0 spiro atoms. The third-order valence-corrected chi connectivity index (χ3v) is 5.56. The van der Waals surface area contributed by atoms with E-state index < -0.39 is 17.7 Å². The summed E-state index contributed by atoms with van der Waals surface area (Å²) in [6.45, 7) is 5.64. The Kier molecular flexibility index (Phi) is 6.12. The van der Waals surface area contributed by atoms with E-state index in [0.717, 1.165) is 22.2 Å². The maximum atomic E-state index is 14.0. The normalized spacial score (nSPS) is 16.6. The molecule has 0 radical (unpaired) electrons. The second kappa shape index (κ2) is 8.86. The monoisotopic (exact) mass is 453 g/mol. The molecule has 1 aromatic carbocycles. The number of aromatic nitrogens is 2. The van der Waals surface area contributed by atoms with Gasteiger partial charge in [0.05, 0.1) is 19.8 Å². The van der Waals surface area contributed by atoms with Crippen LogP contribution in [-0.2, 0) is 4.74 Å². The van der Waals surface area contributed by atoms with Crippen molar-refractivity contribution in [3.05, 3.63) is 54.1 Å². The molecule has 3 aromatic rings. The van der Waals surface area contributed by atoms with Crippen molar-refractivity contribution < 1.29 is 23.8 Å². The fourth-order valence-corrected chi connectivity index (χ4v) is 4.06. The number of hydrogen-bond acceptors (Lipinski definition) is 5. The van der Waals surface area contributed by atoms with E-state index in [2.05, 4.69) is 9.97 Å². The molecule has 7 nitrogen and oxygen atoms in total. The number of nitrogens with one attached hydrogen (secondary N) is 1. The molecule has 1 aliphatic heterocycles. The summed E-state index contributed by atoms with van der Waals surface area (Å²) in [5, 5.41) is 10.7. The van der Waals surface area contributed by atoms with Crippen LogP contribution in [0.1, 0.15) is 32.9 Å². The summed E-state index contributed by atoms with van der Waals surface area (Å²) in [4.78, 5) is 21.9. The Bertz CT molecular complexity index is 1210. The van der Waals surface area contributed by atoms with Crippen LogP contribution in [0.3, 0.4) is 0 Å². The van der Waals surface area contributed by atoms with E-state index in [-0.39, 0.29) is 12.4 Å². The average molecular weight is 454 g/mol. The molecule has 0 unspecified atom stereocenters. The number of nitrogens with zero attached hydrogens (tertiary/aromatic N) is 2. The van der Waals surface area contributed by atoms with Crippen molar-refractivity contribution in [3.63, 3.8) is 0 Å². The van der Waals surface area contributed by atoms with Crippen molar-refractivity contribution in [2.45, 2.75) is 38.8 Å². The van der Waals surface area contributed by atoms with Gasteiger partial charge in [-0.3, -0.25) is 4.90 Å². The molecular weight excluding hydrogens is 425 g/mol. The fraction of sp³-hybridized carbons (Fsp3) is 0.360. The molecule has 2 N–H and O–H groups in total. The minimum atomic E-state index is -0.613. The van der Waals surface area contributed by atoms with Gasteiger partial charge in [0, 0.05) is 29.4 Å². The number of carbonyl (C=O) groups is 1. The van der Waals surface area contributed by atoms with Gasteiger partial charge < -0.3 is 19.6 Å². The van der Waals surface area contributed by atoms with Crippen molar-refractivity contribution >= 4 is 22.7 Å². The fourth-order valence-electron chi connectivity index (χ4n) is 4.06. The summed E-state index contributed by atoms with van der Waals surface area (Å²) in [5.74, 6) is 0.214. The Morgan fingerprint density at radius 3 is 2.76 bits per heavy atom. The van der Waals surface area contributed by atoms with Crippen LogP contribution in [-0.4, -0.2) is 58.0 Å². The highest BCUT2D eigenvalue weighted by atomic mass is 19.1. The van der Waals surface area contributed by atoms with Gasteiger partial charge in [0.1, 0.15) is 22.8 Å². The molecular formula is C25H28FN3O4. The number of hydrogen-bond donors (Lipinski definition) is 2. The molecule has 174 valence electrons. The van der Waals surface area contributed by atoms with Gasteiger partial charge in [0.2, 0.25) is 0 Å². The molecule has 0 saturated heterocycles. The molecule has 3 heterocycles. The van der Waals surface area contributed by atoms with Gasteiger partial charge in [-0.2, -0.15) is 0 Å². The molecule has 0 fully saturated rings. The molecule has 0 aliphatic carbocycles. The van der Waals surface area contributed by atoms with Gasteiger partial charge in [-0.05, 0) is 68.7 Å². The van der Waals surface area contributed by atoms with E-state index in [0.29, 0.717) is 29.9 Å². The molecule has 1 atom stereocenters. The minimum Gasteiger partial charge on any atom is -0.496 e. The predicted molar refractivity (Wildman–Crippen MR) is 124 cm³/mol. The maximum absolute atomic E-state index is 14.0. The van der Waals surface area contributed by atoms with Crippen LogP contribution in [0.5, 0.6) is 5.75 Å². The maximum Gasteiger partial charge on any atom is 0.410 e. The quantitative estimate of drug-likeness (QED) is 0.595. The number of benzene rings is 1. The number of aliphatic hydroxyl groups excluding tert-OH is 1. The number of halogens is 1. The van der Waals surface area contributed by atoms with Crippen molar-refractivity contribution in [2.75, 3.05) is 20.3 Å². The first-order valence-electron chi connectivity index (χ1n) is 10.8. The van der Waals surface area contributed by atoms with Crippen molar-refractivity contribution in [2.24, 2.45) is 0 Å². The van der Waals surface area contributed by atoms with Crippen molar-refractivity contribution in [3.8, 4) is 16.9 Å². The van der Waals surface area contributed by atoms with Gasteiger partial charge in [0.25, 0.3) is 0 Å². The minimum absolute atomic E-state index is 0.215. The summed E-state index contributed by atoms with van der Waals surface area (Å²) in [7, 11) is 1.55. The van der Waals surface area contributed by atoms with E-state index >= 15 is 0 Å². The van der Waals surface area contributed by atoms with Gasteiger partial charge in [-0.25, -0.2) is 14.2 Å². The number of carbonyl (C=O) groups excluding carboxylic acids is 1. The lowest BCUT2D eigenvalue weighted by Crippen LogP contribution is -2.46. The lowest BCUT2D eigenvalue weighted by Gasteiger charge is -2.34. The number of ether oxygens (including phenoxy) is 2. The molecule has 2 aromatic heterocycles. The molecule has 33 heavy (non-hydrogen) atoms. The lowest BCUT2D eigenvalue weighted by molar-refractivity contribution is 0.0143. The number of methoxy groups -OCH3 is 1. The van der Waals surface area contributed by atoms with Gasteiger partial charge >= 0.3 is 6.09 Å². The number of H-pyrrole nitrogens is 1. The summed E-state index contributed by atoms with van der Waals surface area (Å²) >= 11 is 0. The Morgan fingerprint density at radius 2 is 2.06 bits per heavy atom. The second-order valence-corrected chi connectivity index (χ2v) is 9.01. The SMILES string of the molecule is COc1ccc(F)cc1-c1ccnc2[nH]c(C3=C[C@H](CO)N(C(=O)OC(C)(C)C)CC3)cc12. The molecule has 1 aliphatic rings. The second-order valence-electron chi connectivity index (χ2n) is 9.01. The lowest BCUT2D eigenvalue weighted by atomic mass is 9.99. The van der Waals surface area contributed by atoms with E-state index in [1.807, 2.05) is 39.0 Å². The average Bonchev–Trinajstić information content (AvgIpc) is 3.22. The smallest absolute Gasteiger partial charge is 0.410 e. The predicted octanol–water partition coefficient (Wildman–Crippen LogP) is 4.76. The Hall–Kier alpha value is -3.39. The van der Waals surface area contributed by atoms with Crippen LogP contribution in [0, 0.1) is 5.82 Å². The number of aromatic amines is 1. The molecule has 0 bridgehead atoms. The Balaban J connectivity index is 1.70. The summed E-state index contributed by atoms with van der Waals surface area (Å²) in [6.07, 6.45) is 3.68. The van der Waals surface area contributed by atoms with Gasteiger partial charge in [-0.15, -0.1) is 0 Å². The standard InChI is InChI=1S/C25H28FN3O4/c1-25(2,3)33-24(31)29-10-8-15(11-17(29)14-30)21-13-20-18(7-9-27-23(20)28-21)19-12-16(26)5-6-22(19)32-4/h5-7,9,11-13,17,30H,8,10,14H2,1-4H3,(H,27,28)/t17-/m1/s1. The summed E-state index contributed by atoms with van der Waals surface area (Å²) in [6, 6.07) is 7.71. The van der Waals surface area contributed by atoms with Crippen molar-refractivity contribution in [1.82, 2.24) is 14.9 Å². The summed E-state index contributed by atoms with van der Waals surface area (Å²) < 4.78 is 24.9. The van der Waals surface area contributed by atoms with Crippen LogP contribution in [0.15, 0.2) is 42.6 Å². The van der Waals surface area contributed by atoms with Crippen LogP contribution in [0.25, 0.3) is 27.7 Å². The largest absolute Gasteiger partial charge is 0.496 e. The molecule has 8 heteroatoms. The first kappa shape index (κ1) is 22.8. The topological polar surface area (TPSA) is 87.7 Å². The van der Waals surface area contributed by atoms with Crippen LogP contribution in [0.4, 0.5) is 9.18 Å². The first-order valence-corrected chi connectivity index (χ1v) is 10.8. The number of pyridine rings is 1. The third-order valence-electron chi connectivity index (χ3n) is 5.56. The Morgan fingerprint density at radius 1 is 1.27 bits per heavy atom. The Labute approximate surface area is 191 Å². The highest BCUT2D eigenvalue weighted by Gasteiger charge is 2.30.